The lowest BCUT2D eigenvalue weighted by Crippen LogP contribution is -2.54. The molecule has 1 N–H and O–H groups in total. The zero-order chi connectivity index (χ0) is 13.5. The fourth-order valence-electron chi connectivity index (χ4n) is 2.80. The average Bonchev–Trinajstić information content (AvgIpc) is 2.68. The molecule has 102 valence electrons. The number of anilines is 1. The first-order chi connectivity index (χ1) is 9.11. The van der Waals surface area contributed by atoms with Gasteiger partial charge in [-0.25, -0.2) is 9.50 Å². The lowest BCUT2D eigenvalue weighted by Gasteiger charge is -2.47. The third-order valence-corrected chi connectivity index (χ3v) is 4.33. The maximum absolute atomic E-state index is 4.45. The Kier molecular flexibility index (Phi) is 2.93. The predicted molar refractivity (Wildman–Crippen MR) is 76.5 cm³/mol. The van der Waals surface area contributed by atoms with Crippen LogP contribution < -0.4 is 5.32 Å². The Labute approximate surface area is 113 Å². The maximum Gasteiger partial charge on any atom is 0.152 e. The van der Waals surface area contributed by atoms with Crippen LogP contribution in [-0.4, -0.2) is 45.7 Å². The lowest BCUT2D eigenvalue weighted by atomic mass is 9.75. The number of aryl methyl sites for hydroxylation is 1. The Bertz CT molecular complexity index is 583. The lowest BCUT2D eigenvalue weighted by molar-refractivity contribution is 0.0738. The normalized spacial score (nSPS) is 17.7. The van der Waals surface area contributed by atoms with Crippen LogP contribution in [0.25, 0.3) is 5.52 Å². The van der Waals surface area contributed by atoms with E-state index in [0.29, 0.717) is 5.54 Å². The summed E-state index contributed by atoms with van der Waals surface area (Å²) in [5, 5.41) is 7.93. The van der Waals surface area contributed by atoms with Crippen LogP contribution in [0, 0.1) is 6.92 Å². The summed E-state index contributed by atoms with van der Waals surface area (Å²) in [4.78, 5) is 6.79. The molecule has 0 unspecified atom stereocenters. The topological polar surface area (TPSA) is 45.5 Å². The van der Waals surface area contributed by atoms with Crippen LogP contribution in [0.1, 0.15) is 25.0 Å². The monoisotopic (exact) mass is 259 g/mol. The summed E-state index contributed by atoms with van der Waals surface area (Å²) in [5.41, 5.74) is 2.36. The Morgan fingerprint density at radius 2 is 2.21 bits per heavy atom. The fraction of sp³-hybridized carbons (Fsp3) is 0.571. The van der Waals surface area contributed by atoms with Crippen LogP contribution in [0.2, 0.25) is 0 Å². The number of nitrogens with one attached hydrogen (secondary N) is 1. The molecule has 2 aromatic heterocycles. The van der Waals surface area contributed by atoms with Gasteiger partial charge in [-0.15, -0.1) is 0 Å². The van der Waals surface area contributed by atoms with Crippen molar-refractivity contribution in [3.8, 4) is 0 Å². The van der Waals surface area contributed by atoms with Crippen LogP contribution in [-0.2, 0) is 0 Å². The van der Waals surface area contributed by atoms with Crippen molar-refractivity contribution in [1.82, 2.24) is 19.5 Å². The molecule has 2 aromatic rings. The molecule has 0 aromatic carbocycles. The largest absolute Gasteiger partial charge is 0.366 e. The van der Waals surface area contributed by atoms with E-state index in [1.165, 1.54) is 19.3 Å². The van der Waals surface area contributed by atoms with E-state index in [0.717, 1.165) is 23.6 Å². The van der Waals surface area contributed by atoms with Gasteiger partial charge in [0.1, 0.15) is 5.52 Å². The first-order valence-electron chi connectivity index (χ1n) is 6.83. The molecule has 19 heavy (non-hydrogen) atoms. The summed E-state index contributed by atoms with van der Waals surface area (Å²) in [5.74, 6) is 0.927. The Morgan fingerprint density at radius 1 is 1.42 bits per heavy atom. The van der Waals surface area contributed by atoms with Crippen molar-refractivity contribution >= 4 is 11.3 Å². The van der Waals surface area contributed by atoms with Crippen LogP contribution >= 0.6 is 0 Å². The van der Waals surface area contributed by atoms with Gasteiger partial charge >= 0.3 is 0 Å². The van der Waals surface area contributed by atoms with E-state index in [4.69, 9.17) is 0 Å². The summed E-state index contributed by atoms with van der Waals surface area (Å²) in [6.45, 7) is 2.95. The smallest absolute Gasteiger partial charge is 0.152 e. The second-order valence-electron chi connectivity index (χ2n) is 5.72. The molecule has 0 spiro atoms. The Morgan fingerprint density at radius 3 is 2.84 bits per heavy atom. The third kappa shape index (κ3) is 2.08. The molecule has 3 rings (SSSR count). The third-order valence-electron chi connectivity index (χ3n) is 4.33. The summed E-state index contributed by atoms with van der Waals surface area (Å²) in [6, 6.07) is 2.07. The summed E-state index contributed by atoms with van der Waals surface area (Å²) < 4.78 is 1.88. The van der Waals surface area contributed by atoms with Gasteiger partial charge in [0.15, 0.2) is 5.82 Å². The molecule has 0 amide bonds. The molecule has 5 heteroatoms. The van der Waals surface area contributed by atoms with Gasteiger partial charge in [-0.3, -0.25) is 0 Å². The van der Waals surface area contributed by atoms with Crippen LogP contribution in [0.4, 0.5) is 5.82 Å². The molecule has 0 aliphatic heterocycles. The molecular formula is C14H21N5. The van der Waals surface area contributed by atoms with Crippen molar-refractivity contribution in [3.63, 3.8) is 0 Å². The first kappa shape index (κ1) is 12.4. The minimum Gasteiger partial charge on any atom is -0.366 e. The number of aromatic nitrogens is 3. The zero-order valence-corrected chi connectivity index (χ0v) is 11.8. The molecular weight excluding hydrogens is 238 g/mol. The number of nitrogens with zero attached hydrogens (tertiary/aromatic N) is 4. The molecule has 1 fully saturated rings. The van der Waals surface area contributed by atoms with E-state index in [-0.39, 0.29) is 0 Å². The standard InChI is InChI=1S/C14H21N5/c1-11-9-12-13(15-7-8-19(12)17-11)16-10-14(18(2)3)5-4-6-14/h7-9H,4-6,10H2,1-3H3,(H,15,16). The highest BCUT2D eigenvalue weighted by molar-refractivity contribution is 5.67. The number of hydrogen-bond acceptors (Lipinski definition) is 4. The molecule has 1 aliphatic rings. The van der Waals surface area contributed by atoms with Gasteiger partial charge < -0.3 is 10.2 Å². The van der Waals surface area contributed by atoms with Crippen LogP contribution in [0.3, 0.4) is 0 Å². The molecule has 5 nitrogen and oxygen atoms in total. The van der Waals surface area contributed by atoms with E-state index < -0.39 is 0 Å². The highest BCUT2D eigenvalue weighted by Crippen LogP contribution is 2.36. The maximum atomic E-state index is 4.45. The minimum absolute atomic E-state index is 0.295. The molecule has 0 radical (unpaired) electrons. The van der Waals surface area contributed by atoms with Gasteiger partial charge in [0, 0.05) is 24.5 Å². The van der Waals surface area contributed by atoms with Crippen LogP contribution in [0.15, 0.2) is 18.5 Å². The zero-order valence-electron chi connectivity index (χ0n) is 11.8. The highest BCUT2D eigenvalue weighted by Gasteiger charge is 2.38. The summed E-state index contributed by atoms with van der Waals surface area (Å²) in [6.07, 6.45) is 7.52. The summed E-state index contributed by atoms with van der Waals surface area (Å²) >= 11 is 0. The second-order valence-corrected chi connectivity index (χ2v) is 5.72. The molecule has 0 saturated heterocycles. The first-order valence-corrected chi connectivity index (χ1v) is 6.83. The van der Waals surface area contributed by atoms with Crippen molar-refractivity contribution in [3.05, 3.63) is 24.2 Å². The van der Waals surface area contributed by atoms with Crippen molar-refractivity contribution < 1.29 is 0 Å². The van der Waals surface area contributed by atoms with E-state index in [2.05, 4.69) is 40.5 Å². The predicted octanol–water partition coefficient (Wildman–Crippen LogP) is 1.93. The van der Waals surface area contributed by atoms with E-state index in [9.17, 15) is 0 Å². The van der Waals surface area contributed by atoms with Crippen molar-refractivity contribution in [2.24, 2.45) is 0 Å². The van der Waals surface area contributed by atoms with Gasteiger partial charge in [-0.05, 0) is 46.3 Å². The van der Waals surface area contributed by atoms with Crippen molar-refractivity contribution in [2.75, 3.05) is 26.0 Å². The van der Waals surface area contributed by atoms with Gasteiger partial charge in [0.25, 0.3) is 0 Å². The van der Waals surface area contributed by atoms with E-state index in [1.54, 1.807) is 6.20 Å². The average molecular weight is 259 g/mol. The van der Waals surface area contributed by atoms with Crippen molar-refractivity contribution in [2.45, 2.75) is 31.7 Å². The minimum atomic E-state index is 0.295. The second kappa shape index (κ2) is 4.49. The van der Waals surface area contributed by atoms with E-state index in [1.807, 2.05) is 17.6 Å². The van der Waals surface area contributed by atoms with Gasteiger partial charge in [-0.2, -0.15) is 5.10 Å². The van der Waals surface area contributed by atoms with Gasteiger partial charge in [0.2, 0.25) is 0 Å². The Hall–Kier alpha value is -1.62. The van der Waals surface area contributed by atoms with Gasteiger partial charge in [-0.1, -0.05) is 0 Å². The highest BCUT2D eigenvalue weighted by atomic mass is 15.2. The van der Waals surface area contributed by atoms with Crippen LogP contribution in [0.5, 0.6) is 0 Å². The summed E-state index contributed by atoms with van der Waals surface area (Å²) in [7, 11) is 4.33. The molecule has 1 aliphatic carbocycles. The Balaban J connectivity index is 1.82. The van der Waals surface area contributed by atoms with E-state index >= 15 is 0 Å². The number of fused-ring (bicyclic) bond motifs is 1. The number of likely N-dealkylation sites (N-methyl/N-ethyl adjacent to an activating group) is 1. The fourth-order valence-corrected chi connectivity index (χ4v) is 2.80. The quantitative estimate of drug-likeness (QED) is 0.911. The molecule has 2 heterocycles. The van der Waals surface area contributed by atoms with Crippen molar-refractivity contribution in [1.29, 1.82) is 0 Å². The SMILES string of the molecule is Cc1cc2c(NCC3(N(C)C)CCC3)nccn2n1. The number of hydrogen-bond donors (Lipinski definition) is 1. The number of rotatable bonds is 4. The van der Waals surface area contributed by atoms with Gasteiger partial charge in [0.05, 0.1) is 5.69 Å². The molecule has 0 atom stereocenters. The molecule has 1 saturated carbocycles. The molecule has 0 bridgehead atoms.